The van der Waals surface area contributed by atoms with E-state index in [1.165, 1.54) is 4.90 Å². The van der Waals surface area contributed by atoms with Crippen LogP contribution in [-0.2, 0) is 21.5 Å². The van der Waals surface area contributed by atoms with Crippen LogP contribution >= 0.6 is 0 Å². The number of Topliss-reactive ketones (excluding diaryl/α,β-unsaturated/α-hetero) is 1. The number of benzene rings is 2. The van der Waals surface area contributed by atoms with Gasteiger partial charge in [-0.3, -0.25) is 14.6 Å². The lowest BCUT2D eigenvalue weighted by atomic mass is 9.84. The van der Waals surface area contributed by atoms with Crippen LogP contribution in [0.25, 0.3) is 5.76 Å². The van der Waals surface area contributed by atoms with Crippen LogP contribution in [0.2, 0.25) is 0 Å². The zero-order valence-electron chi connectivity index (χ0n) is 20.5. The summed E-state index contributed by atoms with van der Waals surface area (Å²) in [6, 6.07) is 17.6. The van der Waals surface area contributed by atoms with Crippen molar-refractivity contribution in [3.05, 3.63) is 101 Å². The van der Waals surface area contributed by atoms with Crippen LogP contribution in [0.5, 0.6) is 5.75 Å². The van der Waals surface area contributed by atoms with E-state index in [1.807, 2.05) is 55.5 Å². The highest BCUT2D eigenvalue weighted by Crippen LogP contribution is 2.41. The van der Waals surface area contributed by atoms with E-state index in [9.17, 15) is 14.7 Å². The molecule has 0 spiro atoms. The molecule has 1 saturated heterocycles. The number of aliphatic hydroxyl groups excluding tert-OH is 1. The average Bonchev–Trinajstić information content (AvgIpc) is 3.09. The summed E-state index contributed by atoms with van der Waals surface area (Å²) in [4.78, 5) is 32.1. The Bertz CT molecular complexity index is 1260. The first-order chi connectivity index (χ1) is 16.7. The molecule has 1 atom stereocenters. The van der Waals surface area contributed by atoms with Crippen molar-refractivity contribution < 1.29 is 19.4 Å². The molecule has 35 heavy (non-hydrogen) atoms. The van der Waals surface area contributed by atoms with Crippen molar-refractivity contribution in [2.45, 2.75) is 45.7 Å². The Labute approximate surface area is 205 Å². The third-order valence-corrected chi connectivity index (χ3v) is 6.09. The molecule has 2 aromatic carbocycles. The number of likely N-dealkylation sites (tertiary alicyclic amines) is 1. The van der Waals surface area contributed by atoms with E-state index in [0.29, 0.717) is 12.2 Å². The number of hydrogen-bond acceptors (Lipinski definition) is 5. The first-order valence-electron chi connectivity index (χ1n) is 11.7. The smallest absolute Gasteiger partial charge is 0.295 e. The molecule has 0 radical (unpaired) electrons. The maximum atomic E-state index is 13.3. The molecule has 0 bridgehead atoms. The summed E-state index contributed by atoms with van der Waals surface area (Å²) in [5.41, 5.74) is 2.74. The molecule has 1 aliphatic heterocycles. The maximum absolute atomic E-state index is 13.3. The van der Waals surface area contributed by atoms with Crippen LogP contribution in [0, 0.1) is 0 Å². The van der Waals surface area contributed by atoms with E-state index in [0.717, 1.165) is 22.4 Å². The molecular formula is C29H30N2O4. The molecule has 1 fully saturated rings. The Kier molecular flexibility index (Phi) is 6.74. The van der Waals surface area contributed by atoms with Gasteiger partial charge in [0.05, 0.1) is 18.2 Å². The lowest BCUT2D eigenvalue weighted by Gasteiger charge is -2.26. The van der Waals surface area contributed by atoms with Gasteiger partial charge >= 0.3 is 0 Å². The van der Waals surface area contributed by atoms with Crippen LogP contribution in [-0.4, -0.2) is 33.3 Å². The van der Waals surface area contributed by atoms with Gasteiger partial charge in [0.15, 0.2) is 0 Å². The molecule has 4 rings (SSSR count). The second kappa shape index (κ2) is 9.74. The van der Waals surface area contributed by atoms with Crippen LogP contribution in [0.1, 0.15) is 56.0 Å². The highest BCUT2D eigenvalue weighted by atomic mass is 16.5. The summed E-state index contributed by atoms with van der Waals surface area (Å²) < 4.78 is 5.80. The molecule has 1 amide bonds. The number of rotatable bonds is 6. The summed E-state index contributed by atoms with van der Waals surface area (Å²) >= 11 is 0. The third kappa shape index (κ3) is 4.83. The lowest BCUT2D eigenvalue weighted by molar-refractivity contribution is -0.140. The minimum Gasteiger partial charge on any atom is -0.507 e. The zero-order chi connectivity index (χ0) is 25.2. The van der Waals surface area contributed by atoms with Crippen LogP contribution in [0.4, 0.5) is 0 Å². The fraction of sp³-hybridized carbons (Fsp3) is 0.276. The predicted octanol–water partition coefficient (Wildman–Crippen LogP) is 5.40. The minimum atomic E-state index is -0.721. The topological polar surface area (TPSA) is 79.7 Å². The molecule has 2 heterocycles. The summed E-state index contributed by atoms with van der Waals surface area (Å²) in [5, 5.41) is 11.5. The standard InChI is InChI=1S/C29H30N2O4/c1-5-35-23-14-13-21(16-22(23)29(2,3)4)26(32)24-25(20-11-7-6-8-12-20)31(28(34)27(24)33)18-19-10-9-15-30-17-19/h6-17,25,32H,5,18H2,1-4H3/b26-24-. The number of aliphatic hydroxyl groups is 1. The number of ketones is 1. The monoisotopic (exact) mass is 470 g/mol. The van der Waals surface area contributed by atoms with Crippen LogP contribution in [0.15, 0.2) is 78.6 Å². The van der Waals surface area contributed by atoms with Gasteiger partial charge in [0, 0.05) is 30.1 Å². The van der Waals surface area contributed by atoms with Gasteiger partial charge < -0.3 is 14.7 Å². The minimum absolute atomic E-state index is 0.0779. The van der Waals surface area contributed by atoms with Crippen molar-refractivity contribution in [2.75, 3.05) is 6.61 Å². The van der Waals surface area contributed by atoms with Gasteiger partial charge in [-0.25, -0.2) is 0 Å². The molecule has 0 saturated carbocycles. The van der Waals surface area contributed by atoms with Crippen molar-refractivity contribution in [3.8, 4) is 5.75 Å². The van der Waals surface area contributed by atoms with E-state index in [4.69, 9.17) is 4.74 Å². The number of pyridine rings is 1. The predicted molar refractivity (Wildman–Crippen MR) is 135 cm³/mol. The van der Waals surface area contributed by atoms with Crippen molar-refractivity contribution in [1.82, 2.24) is 9.88 Å². The molecule has 6 heteroatoms. The van der Waals surface area contributed by atoms with E-state index in [1.54, 1.807) is 24.5 Å². The molecule has 6 nitrogen and oxygen atoms in total. The molecule has 3 aromatic rings. The zero-order valence-corrected chi connectivity index (χ0v) is 20.5. The molecule has 0 aliphatic carbocycles. The molecule has 180 valence electrons. The molecule has 1 N–H and O–H groups in total. The number of carbonyl (C=O) groups is 2. The Morgan fingerprint density at radius 3 is 2.43 bits per heavy atom. The number of ether oxygens (including phenoxy) is 1. The Balaban J connectivity index is 1.87. The second-order valence-electron chi connectivity index (χ2n) is 9.59. The Morgan fingerprint density at radius 2 is 1.80 bits per heavy atom. The van der Waals surface area contributed by atoms with E-state index >= 15 is 0 Å². The quantitative estimate of drug-likeness (QED) is 0.296. The van der Waals surface area contributed by atoms with Crippen LogP contribution < -0.4 is 4.74 Å². The maximum Gasteiger partial charge on any atom is 0.295 e. The number of aromatic nitrogens is 1. The summed E-state index contributed by atoms with van der Waals surface area (Å²) in [7, 11) is 0. The number of hydrogen-bond donors (Lipinski definition) is 1. The van der Waals surface area contributed by atoms with E-state index in [-0.39, 0.29) is 23.3 Å². The number of amides is 1. The van der Waals surface area contributed by atoms with Crippen molar-refractivity contribution in [2.24, 2.45) is 0 Å². The van der Waals surface area contributed by atoms with E-state index in [2.05, 4.69) is 25.8 Å². The first-order valence-corrected chi connectivity index (χ1v) is 11.7. The highest BCUT2D eigenvalue weighted by molar-refractivity contribution is 6.46. The van der Waals surface area contributed by atoms with Gasteiger partial charge in [0.2, 0.25) is 0 Å². The average molecular weight is 471 g/mol. The normalized spacial score (nSPS) is 17.6. The first kappa shape index (κ1) is 24.2. The summed E-state index contributed by atoms with van der Waals surface area (Å²) in [6.45, 7) is 8.82. The van der Waals surface area contributed by atoms with Gasteiger partial charge in [-0.15, -0.1) is 0 Å². The fourth-order valence-electron chi connectivity index (χ4n) is 4.41. The Hall–Kier alpha value is -3.93. The van der Waals surface area contributed by atoms with E-state index < -0.39 is 17.7 Å². The van der Waals surface area contributed by atoms with Crippen molar-refractivity contribution >= 4 is 17.4 Å². The number of nitrogens with zero attached hydrogens (tertiary/aromatic N) is 2. The van der Waals surface area contributed by atoms with Gasteiger partial charge in [0.1, 0.15) is 11.5 Å². The lowest BCUT2D eigenvalue weighted by Crippen LogP contribution is -2.29. The van der Waals surface area contributed by atoms with Gasteiger partial charge in [-0.1, -0.05) is 57.2 Å². The van der Waals surface area contributed by atoms with Crippen molar-refractivity contribution in [3.63, 3.8) is 0 Å². The summed E-state index contributed by atoms with van der Waals surface area (Å²) in [6.07, 6.45) is 3.33. The van der Waals surface area contributed by atoms with Gasteiger partial charge in [-0.2, -0.15) is 0 Å². The Morgan fingerprint density at radius 1 is 1.06 bits per heavy atom. The molecule has 1 aliphatic rings. The number of carbonyl (C=O) groups excluding carboxylic acids is 2. The molecule has 1 aromatic heterocycles. The van der Waals surface area contributed by atoms with Crippen molar-refractivity contribution in [1.29, 1.82) is 0 Å². The molecular weight excluding hydrogens is 440 g/mol. The SMILES string of the molecule is CCOc1ccc(/C(O)=C2/C(=O)C(=O)N(Cc3cccnc3)C2c2ccccc2)cc1C(C)(C)C. The third-order valence-electron chi connectivity index (χ3n) is 6.09. The second-order valence-corrected chi connectivity index (χ2v) is 9.59. The highest BCUT2D eigenvalue weighted by Gasteiger charge is 2.46. The van der Waals surface area contributed by atoms with Crippen LogP contribution in [0.3, 0.4) is 0 Å². The molecule has 1 unspecified atom stereocenters. The summed E-state index contributed by atoms with van der Waals surface area (Å²) in [5.74, 6) is -0.815. The largest absolute Gasteiger partial charge is 0.507 e. The fourth-order valence-corrected chi connectivity index (χ4v) is 4.41. The van der Waals surface area contributed by atoms with Gasteiger partial charge in [0.25, 0.3) is 11.7 Å². The van der Waals surface area contributed by atoms with Gasteiger partial charge in [-0.05, 0) is 47.7 Å².